The fourth-order valence-electron chi connectivity index (χ4n) is 9.05. The van der Waals surface area contributed by atoms with Gasteiger partial charge in [0, 0.05) is 29.8 Å². The van der Waals surface area contributed by atoms with Gasteiger partial charge in [-0.1, -0.05) is 32.4 Å². The highest BCUT2D eigenvalue weighted by Gasteiger charge is 2.63. The van der Waals surface area contributed by atoms with Crippen LogP contribution < -0.4 is 18.9 Å². The summed E-state index contributed by atoms with van der Waals surface area (Å²) in [5.74, 6) is -4.40. The van der Waals surface area contributed by atoms with E-state index in [1.807, 2.05) is 19.9 Å². The Kier molecular flexibility index (Phi) is 12.2. The van der Waals surface area contributed by atoms with Gasteiger partial charge in [0.15, 0.2) is 17.3 Å². The molecule has 1 aromatic carbocycles. The normalized spacial score (nSPS) is 29.7. The number of aromatic nitrogens is 1. The van der Waals surface area contributed by atoms with Gasteiger partial charge in [0.05, 0.1) is 30.3 Å². The number of carbonyl (C=O) groups is 4. The van der Waals surface area contributed by atoms with Crippen molar-refractivity contribution in [2.24, 2.45) is 29.1 Å². The van der Waals surface area contributed by atoms with E-state index in [1.165, 1.54) is 11.1 Å². The number of ether oxygens (including phenoxy) is 4. The maximum atomic E-state index is 15.0. The van der Waals surface area contributed by atoms with Crippen LogP contribution in [0.1, 0.15) is 91.9 Å². The third kappa shape index (κ3) is 8.79. The van der Waals surface area contributed by atoms with Gasteiger partial charge in [0.2, 0.25) is 33.3 Å². The number of allylic oxidation sites excluding steroid dienone is 2. The van der Waals surface area contributed by atoms with Crippen molar-refractivity contribution in [1.82, 2.24) is 14.6 Å². The third-order valence-corrected chi connectivity index (χ3v) is 15.4. The molecule has 13 nitrogen and oxygen atoms in total. The number of rotatable bonds is 10. The molecule has 4 heterocycles. The van der Waals surface area contributed by atoms with E-state index in [-0.39, 0.29) is 44.0 Å². The SMILES string of the molecule is CC[C@@H]1C[C@H](C)CC/C=C\[C@@H]2C[C@@]2(C(=O)NS(=O)(=O)C2(CF)CC2)CC(=O)[C@@H]2C[C@@H](Oc3nccc4c5c(ccc34)OCCO5)CN2C(=O)[C@H]1CC(=O)OC(C)(C)C(F)(F)F. The fraction of sp³-hybridized carbons (Fsp3) is 0.651. The molecule has 5 aliphatic rings. The second kappa shape index (κ2) is 16.7. The summed E-state index contributed by atoms with van der Waals surface area (Å²) < 4.78 is 105. The Morgan fingerprint density at radius 3 is 2.49 bits per heavy atom. The number of Topliss-reactive ketones (excluding diaryl/α,β-unsaturated/α-hetero) is 1. The lowest BCUT2D eigenvalue weighted by Crippen LogP contribution is -2.49. The van der Waals surface area contributed by atoms with Gasteiger partial charge in [-0.25, -0.2) is 17.8 Å². The van der Waals surface area contributed by atoms with Crippen molar-refractivity contribution >= 4 is 44.4 Å². The molecule has 334 valence electrons. The number of hydrogen-bond donors (Lipinski definition) is 1. The predicted octanol–water partition coefficient (Wildman–Crippen LogP) is 6.56. The highest BCUT2D eigenvalue weighted by Crippen LogP contribution is 2.58. The van der Waals surface area contributed by atoms with Crippen molar-refractivity contribution in [1.29, 1.82) is 0 Å². The van der Waals surface area contributed by atoms with Crippen LogP contribution in [0.5, 0.6) is 17.4 Å². The van der Waals surface area contributed by atoms with Crippen molar-refractivity contribution in [2.75, 3.05) is 26.4 Å². The monoisotopic (exact) mass is 879 g/mol. The molecule has 2 amide bonds. The molecule has 0 spiro atoms. The Balaban J connectivity index is 1.24. The average molecular weight is 880 g/mol. The van der Waals surface area contributed by atoms with Gasteiger partial charge < -0.3 is 23.8 Å². The van der Waals surface area contributed by atoms with E-state index in [0.717, 1.165) is 13.8 Å². The van der Waals surface area contributed by atoms with Crippen LogP contribution in [0, 0.1) is 29.1 Å². The summed E-state index contributed by atoms with van der Waals surface area (Å²) in [7, 11) is -4.43. The summed E-state index contributed by atoms with van der Waals surface area (Å²) in [6.45, 7) is 4.61. The molecule has 1 saturated heterocycles. The molecule has 0 bridgehead atoms. The minimum absolute atomic E-state index is 0.0184. The van der Waals surface area contributed by atoms with Crippen molar-refractivity contribution < 1.29 is 64.1 Å². The highest BCUT2D eigenvalue weighted by molar-refractivity contribution is 7.91. The lowest BCUT2D eigenvalue weighted by atomic mass is 9.79. The first-order chi connectivity index (χ1) is 28.7. The maximum Gasteiger partial charge on any atom is 0.427 e. The molecule has 7 atom stereocenters. The van der Waals surface area contributed by atoms with E-state index in [9.17, 15) is 40.4 Å². The first-order valence-electron chi connectivity index (χ1n) is 21.0. The number of amides is 2. The number of pyridine rings is 1. The van der Waals surface area contributed by atoms with E-state index in [2.05, 4.69) is 9.71 Å². The van der Waals surface area contributed by atoms with Crippen LogP contribution in [0.15, 0.2) is 36.5 Å². The zero-order chi connectivity index (χ0) is 44.1. The first-order valence-corrected chi connectivity index (χ1v) is 22.5. The summed E-state index contributed by atoms with van der Waals surface area (Å²) >= 11 is 0. The van der Waals surface area contributed by atoms with Crippen LogP contribution in [0.4, 0.5) is 17.6 Å². The number of hydrogen-bond acceptors (Lipinski definition) is 11. The van der Waals surface area contributed by atoms with Gasteiger partial charge >= 0.3 is 12.1 Å². The second-order valence-electron chi connectivity index (χ2n) is 18.0. The number of fused-ring (bicyclic) bond motifs is 5. The highest BCUT2D eigenvalue weighted by atomic mass is 32.2. The number of ketones is 1. The zero-order valence-corrected chi connectivity index (χ0v) is 35.5. The summed E-state index contributed by atoms with van der Waals surface area (Å²) in [6, 6.07) is 3.96. The van der Waals surface area contributed by atoms with E-state index in [0.29, 0.717) is 61.2 Å². The molecule has 3 fully saturated rings. The zero-order valence-electron chi connectivity index (χ0n) is 34.7. The fourth-order valence-corrected chi connectivity index (χ4v) is 10.5. The van der Waals surface area contributed by atoms with Crippen molar-refractivity contribution in [3.8, 4) is 17.4 Å². The first kappa shape index (κ1) is 44.6. The third-order valence-electron chi connectivity index (χ3n) is 13.3. The molecule has 1 aromatic heterocycles. The number of nitrogens with zero attached hydrogens (tertiary/aromatic N) is 2. The molecular weight excluding hydrogens is 827 g/mol. The molecule has 7 rings (SSSR count). The Morgan fingerprint density at radius 1 is 1.07 bits per heavy atom. The Labute approximate surface area is 352 Å². The van der Waals surface area contributed by atoms with Crippen LogP contribution in [0.25, 0.3) is 10.8 Å². The van der Waals surface area contributed by atoms with Gasteiger partial charge in [-0.3, -0.25) is 23.9 Å². The van der Waals surface area contributed by atoms with Gasteiger partial charge in [0.25, 0.3) is 0 Å². The molecule has 3 aliphatic heterocycles. The molecule has 18 heteroatoms. The minimum Gasteiger partial charge on any atom is -0.486 e. The van der Waals surface area contributed by atoms with E-state index < -0.39 is 105 Å². The van der Waals surface area contributed by atoms with Crippen LogP contribution in [0.3, 0.4) is 0 Å². The standard InChI is InChI=1S/C43H53F4N3O10S/c1-5-26-18-25(2)8-6-7-9-27-21-42(27,39(54)49-61(55,56)41(24-44)13-14-41)22-33(51)32-19-28(23-50(32)38(53)31(26)20-35(52)60-40(3,4)43(45,46)47)59-37-30-10-11-34-36(58-17-16-57-34)29(30)12-15-48-37/h7,9-12,15,25-28,31-32H,5-6,8,13-14,16-24H2,1-4H3,(H,49,54)/b9-7-/t25-,26-,27-,28-,31+,32+,42-/m1/s1. The van der Waals surface area contributed by atoms with Crippen molar-refractivity contribution in [3.05, 3.63) is 36.5 Å². The van der Waals surface area contributed by atoms with Crippen molar-refractivity contribution in [2.45, 2.75) is 121 Å². The molecule has 2 aromatic rings. The maximum absolute atomic E-state index is 15.0. The van der Waals surface area contributed by atoms with Crippen LogP contribution in [0.2, 0.25) is 0 Å². The smallest absolute Gasteiger partial charge is 0.427 e. The van der Waals surface area contributed by atoms with Crippen LogP contribution in [-0.2, 0) is 33.9 Å². The van der Waals surface area contributed by atoms with Gasteiger partial charge in [-0.05, 0) is 88.3 Å². The average Bonchev–Trinajstić information content (AvgIpc) is 4.11. The summed E-state index contributed by atoms with van der Waals surface area (Å²) in [4.78, 5) is 62.9. The number of carbonyl (C=O) groups excluding carboxylic acids is 4. The number of nitrogens with one attached hydrogen (secondary N) is 1. The van der Waals surface area contributed by atoms with E-state index in [4.69, 9.17) is 18.9 Å². The molecule has 1 N–H and O–H groups in total. The molecule has 2 saturated carbocycles. The van der Waals surface area contributed by atoms with E-state index >= 15 is 4.79 Å². The Hall–Kier alpha value is -4.48. The largest absolute Gasteiger partial charge is 0.486 e. The number of benzene rings is 1. The number of esters is 1. The van der Waals surface area contributed by atoms with Crippen molar-refractivity contribution in [3.63, 3.8) is 0 Å². The molecule has 0 radical (unpaired) electrons. The second-order valence-corrected chi connectivity index (χ2v) is 20.0. The topological polar surface area (TPSA) is 168 Å². The molecule has 61 heavy (non-hydrogen) atoms. The lowest BCUT2D eigenvalue weighted by molar-refractivity contribution is -0.257. The van der Waals surface area contributed by atoms with Gasteiger partial charge in [-0.15, -0.1) is 0 Å². The van der Waals surface area contributed by atoms with Gasteiger partial charge in [-0.2, -0.15) is 13.2 Å². The van der Waals surface area contributed by atoms with Crippen LogP contribution >= 0.6 is 0 Å². The number of halogens is 4. The summed E-state index contributed by atoms with van der Waals surface area (Å²) in [6.07, 6.45) is 0.416. The molecule has 0 unspecified atom stereocenters. The quantitative estimate of drug-likeness (QED) is 0.156. The van der Waals surface area contributed by atoms with Gasteiger partial charge in [0.1, 0.15) is 30.7 Å². The summed E-state index contributed by atoms with van der Waals surface area (Å²) in [5.41, 5.74) is -4.35. The Morgan fingerprint density at radius 2 is 1.80 bits per heavy atom. The number of sulfonamides is 1. The number of alkyl halides is 4. The lowest BCUT2D eigenvalue weighted by Gasteiger charge is -2.34. The van der Waals surface area contributed by atoms with Crippen LogP contribution in [-0.4, -0.2) is 97.0 Å². The Bertz CT molecular complexity index is 2190. The molecule has 2 aliphatic carbocycles. The predicted molar refractivity (Wildman–Crippen MR) is 213 cm³/mol. The molecular formula is C43H53F4N3O10S. The summed E-state index contributed by atoms with van der Waals surface area (Å²) in [5, 5.41) is 1.21. The van der Waals surface area contributed by atoms with E-state index in [1.54, 1.807) is 24.3 Å². The minimum atomic E-state index is -4.89.